The van der Waals surface area contributed by atoms with Crippen LogP contribution in [0.3, 0.4) is 0 Å². The molecule has 2 rings (SSSR count). The van der Waals surface area contributed by atoms with Crippen LogP contribution >= 0.6 is 0 Å². The molecule has 0 radical (unpaired) electrons. The molecule has 1 atom stereocenters. The second-order valence-corrected chi connectivity index (χ2v) is 6.27. The standard InChI is InChI=1S/C22H28O3/c1-4-6-16-24-17(3)19-10-12-20(13-11-19)22(23)25-21-14-8-18(7-5-2)9-15-21/h8-15,17H,4-7,16H2,1-3H3. The lowest BCUT2D eigenvalue weighted by atomic mass is 10.1. The second-order valence-electron chi connectivity index (χ2n) is 6.27. The predicted molar refractivity (Wildman–Crippen MR) is 101 cm³/mol. The number of esters is 1. The summed E-state index contributed by atoms with van der Waals surface area (Å²) < 4.78 is 11.2. The van der Waals surface area contributed by atoms with Crippen LogP contribution in [0.15, 0.2) is 48.5 Å². The molecule has 0 aliphatic carbocycles. The van der Waals surface area contributed by atoms with Gasteiger partial charge in [0.15, 0.2) is 0 Å². The van der Waals surface area contributed by atoms with E-state index in [1.54, 1.807) is 12.1 Å². The van der Waals surface area contributed by atoms with Crippen molar-refractivity contribution in [2.75, 3.05) is 6.61 Å². The quantitative estimate of drug-likeness (QED) is 0.332. The zero-order chi connectivity index (χ0) is 18.1. The smallest absolute Gasteiger partial charge is 0.343 e. The molecule has 0 saturated carbocycles. The molecule has 0 N–H and O–H groups in total. The Hall–Kier alpha value is -2.13. The predicted octanol–water partition coefficient (Wildman–Crippen LogP) is 5.74. The first-order valence-corrected chi connectivity index (χ1v) is 9.16. The highest BCUT2D eigenvalue weighted by atomic mass is 16.5. The summed E-state index contributed by atoms with van der Waals surface area (Å²) >= 11 is 0. The van der Waals surface area contributed by atoms with Gasteiger partial charge < -0.3 is 9.47 Å². The molecule has 0 bridgehead atoms. The molecule has 0 fully saturated rings. The van der Waals surface area contributed by atoms with E-state index in [4.69, 9.17) is 9.47 Å². The summed E-state index contributed by atoms with van der Waals surface area (Å²) in [5.74, 6) is 0.236. The van der Waals surface area contributed by atoms with Crippen molar-refractivity contribution in [3.8, 4) is 5.75 Å². The van der Waals surface area contributed by atoms with Crippen LogP contribution < -0.4 is 4.74 Å². The van der Waals surface area contributed by atoms with E-state index in [1.165, 1.54) is 5.56 Å². The van der Waals surface area contributed by atoms with Crippen molar-refractivity contribution in [1.82, 2.24) is 0 Å². The van der Waals surface area contributed by atoms with E-state index in [0.29, 0.717) is 11.3 Å². The fourth-order valence-corrected chi connectivity index (χ4v) is 2.57. The first-order chi connectivity index (χ1) is 12.1. The van der Waals surface area contributed by atoms with Gasteiger partial charge in [-0.1, -0.05) is 51.0 Å². The largest absolute Gasteiger partial charge is 0.423 e. The van der Waals surface area contributed by atoms with Gasteiger partial charge in [0.25, 0.3) is 0 Å². The van der Waals surface area contributed by atoms with Crippen molar-refractivity contribution >= 4 is 5.97 Å². The van der Waals surface area contributed by atoms with Crippen LogP contribution in [0.25, 0.3) is 0 Å². The van der Waals surface area contributed by atoms with Crippen molar-refractivity contribution in [1.29, 1.82) is 0 Å². The number of hydrogen-bond acceptors (Lipinski definition) is 3. The minimum atomic E-state index is -0.339. The first-order valence-electron chi connectivity index (χ1n) is 9.16. The maximum Gasteiger partial charge on any atom is 0.343 e. The monoisotopic (exact) mass is 340 g/mol. The van der Waals surface area contributed by atoms with E-state index in [1.807, 2.05) is 43.3 Å². The zero-order valence-electron chi connectivity index (χ0n) is 15.5. The highest BCUT2D eigenvalue weighted by molar-refractivity contribution is 5.91. The number of benzene rings is 2. The van der Waals surface area contributed by atoms with Crippen LogP contribution in [0.5, 0.6) is 5.75 Å². The number of unbranched alkanes of at least 4 members (excludes halogenated alkanes) is 1. The van der Waals surface area contributed by atoms with Crippen molar-refractivity contribution in [2.24, 2.45) is 0 Å². The third-order valence-corrected chi connectivity index (χ3v) is 4.15. The Morgan fingerprint density at radius 1 is 0.960 bits per heavy atom. The first kappa shape index (κ1) is 19.2. The fraction of sp³-hybridized carbons (Fsp3) is 0.409. The van der Waals surface area contributed by atoms with Crippen molar-refractivity contribution < 1.29 is 14.3 Å². The molecule has 2 aromatic rings. The minimum absolute atomic E-state index is 0.0303. The van der Waals surface area contributed by atoms with Gasteiger partial charge in [-0.15, -0.1) is 0 Å². The lowest BCUT2D eigenvalue weighted by Crippen LogP contribution is -2.09. The number of ether oxygens (including phenoxy) is 2. The van der Waals surface area contributed by atoms with Gasteiger partial charge in [-0.2, -0.15) is 0 Å². The lowest BCUT2D eigenvalue weighted by Gasteiger charge is -2.13. The van der Waals surface area contributed by atoms with Gasteiger partial charge in [0, 0.05) is 6.61 Å². The lowest BCUT2D eigenvalue weighted by molar-refractivity contribution is 0.0635. The number of carbonyl (C=O) groups excluding carboxylic acids is 1. The van der Waals surface area contributed by atoms with Crippen molar-refractivity contribution in [2.45, 2.75) is 52.6 Å². The third kappa shape index (κ3) is 6.02. The van der Waals surface area contributed by atoms with Gasteiger partial charge in [-0.25, -0.2) is 4.79 Å². The molecule has 3 nitrogen and oxygen atoms in total. The molecular weight excluding hydrogens is 312 g/mol. The molecule has 0 aromatic heterocycles. The Kier molecular flexibility index (Phi) is 7.68. The number of rotatable bonds is 9. The topological polar surface area (TPSA) is 35.5 Å². The average molecular weight is 340 g/mol. The van der Waals surface area contributed by atoms with Gasteiger partial charge in [0.2, 0.25) is 0 Å². The van der Waals surface area contributed by atoms with Gasteiger partial charge >= 0.3 is 5.97 Å². The maximum atomic E-state index is 12.3. The van der Waals surface area contributed by atoms with Gasteiger partial charge in [-0.3, -0.25) is 0 Å². The molecule has 0 saturated heterocycles. The molecular formula is C22H28O3. The normalized spacial score (nSPS) is 12.0. The molecule has 0 amide bonds. The average Bonchev–Trinajstić information content (AvgIpc) is 2.64. The Bertz CT molecular complexity index is 644. The molecule has 0 spiro atoms. The van der Waals surface area contributed by atoms with Crippen LogP contribution in [0, 0.1) is 0 Å². The van der Waals surface area contributed by atoms with Crippen LogP contribution in [0.2, 0.25) is 0 Å². The molecule has 25 heavy (non-hydrogen) atoms. The van der Waals surface area contributed by atoms with Crippen LogP contribution in [0.4, 0.5) is 0 Å². The second kappa shape index (κ2) is 10.00. The molecule has 0 heterocycles. The fourth-order valence-electron chi connectivity index (χ4n) is 2.57. The van der Waals surface area contributed by atoms with E-state index >= 15 is 0 Å². The number of hydrogen-bond donors (Lipinski definition) is 0. The minimum Gasteiger partial charge on any atom is -0.423 e. The van der Waals surface area contributed by atoms with E-state index in [0.717, 1.165) is 37.9 Å². The Morgan fingerprint density at radius 3 is 2.24 bits per heavy atom. The molecule has 0 aliphatic heterocycles. The van der Waals surface area contributed by atoms with Crippen LogP contribution in [-0.4, -0.2) is 12.6 Å². The summed E-state index contributed by atoms with van der Waals surface area (Å²) in [5.41, 5.74) is 2.86. The zero-order valence-corrected chi connectivity index (χ0v) is 15.5. The van der Waals surface area contributed by atoms with E-state index in [9.17, 15) is 4.79 Å². The van der Waals surface area contributed by atoms with Gasteiger partial charge in [-0.05, 0) is 55.2 Å². The molecule has 0 aliphatic rings. The summed E-state index contributed by atoms with van der Waals surface area (Å²) in [6.45, 7) is 7.08. The third-order valence-electron chi connectivity index (χ3n) is 4.15. The Morgan fingerprint density at radius 2 is 1.64 bits per heavy atom. The van der Waals surface area contributed by atoms with E-state index < -0.39 is 0 Å². The highest BCUT2D eigenvalue weighted by Crippen LogP contribution is 2.19. The molecule has 1 unspecified atom stereocenters. The molecule has 3 heteroatoms. The van der Waals surface area contributed by atoms with Crippen LogP contribution in [0.1, 0.15) is 67.6 Å². The summed E-state index contributed by atoms with van der Waals surface area (Å²) in [7, 11) is 0. The van der Waals surface area contributed by atoms with E-state index in [2.05, 4.69) is 13.8 Å². The number of aryl methyl sites for hydroxylation is 1. The maximum absolute atomic E-state index is 12.3. The molecule has 2 aromatic carbocycles. The summed E-state index contributed by atoms with van der Waals surface area (Å²) in [5, 5.41) is 0. The number of carbonyl (C=O) groups is 1. The van der Waals surface area contributed by atoms with Crippen molar-refractivity contribution in [3.63, 3.8) is 0 Å². The van der Waals surface area contributed by atoms with Crippen LogP contribution in [-0.2, 0) is 11.2 Å². The van der Waals surface area contributed by atoms with E-state index in [-0.39, 0.29) is 12.1 Å². The molecule has 134 valence electrons. The van der Waals surface area contributed by atoms with Gasteiger partial charge in [0.05, 0.1) is 11.7 Å². The van der Waals surface area contributed by atoms with Crippen molar-refractivity contribution in [3.05, 3.63) is 65.2 Å². The Balaban J connectivity index is 1.93. The Labute approximate surface area is 151 Å². The highest BCUT2D eigenvalue weighted by Gasteiger charge is 2.11. The summed E-state index contributed by atoms with van der Waals surface area (Å²) in [4.78, 5) is 12.3. The summed E-state index contributed by atoms with van der Waals surface area (Å²) in [6.07, 6.45) is 4.35. The summed E-state index contributed by atoms with van der Waals surface area (Å²) in [6, 6.07) is 15.2. The SMILES string of the molecule is CCCCOC(C)c1ccc(C(=O)Oc2ccc(CCC)cc2)cc1. The van der Waals surface area contributed by atoms with Gasteiger partial charge in [0.1, 0.15) is 5.75 Å².